The second kappa shape index (κ2) is 6.50. The van der Waals surface area contributed by atoms with E-state index in [0.717, 1.165) is 50.7 Å². The zero-order valence-electron chi connectivity index (χ0n) is 13.5. The molecule has 1 N–H and O–H groups in total. The predicted octanol–water partition coefficient (Wildman–Crippen LogP) is 1.67. The number of aromatic nitrogens is 2. The van der Waals surface area contributed by atoms with Crippen LogP contribution in [0, 0.1) is 12.8 Å². The average Bonchev–Trinajstić information content (AvgIpc) is 3.31. The number of hydrogen-bond acceptors (Lipinski definition) is 5. The number of anilines is 2. The van der Waals surface area contributed by atoms with Crippen molar-refractivity contribution in [3.05, 3.63) is 11.8 Å². The third-order valence-electron chi connectivity index (χ3n) is 4.29. The Morgan fingerprint density at radius 2 is 2.00 bits per heavy atom. The van der Waals surface area contributed by atoms with Gasteiger partial charge in [-0.2, -0.15) is 4.98 Å². The molecule has 0 bridgehead atoms. The Bertz CT molecular complexity index is 535. The minimum atomic E-state index is 0.328. The molecule has 6 nitrogen and oxygen atoms in total. The highest BCUT2D eigenvalue weighted by molar-refractivity contribution is 5.77. The van der Waals surface area contributed by atoms with Gasteiger partial charge in [-0.1, -0.05) is 0 Å². The summed E-state index contributed by atoms with van der Waals surface area (Å²) in [6, 6.07) is 2.02. The normalized spacial score (nSPS) is 18.5. The molecule has 0 atom stereocenters. The van der Waals surface area contributed by atoms with Crippen molar-refractivity contribution in [2.75, 3.05) is 42.9 Å². The van der Waals surface area contributed by atoms with Crippen molar-refractivity contribution in [1.82, 2.24) is 14.9 Å². The van der Waals surface area contributed by atoms with Gasteiger partial charge in [0.05, 0.1) is 0 Å². The van der Waals surface area contributed by atoms with Crippen molar-refractivity contribution in [2.45, 2.75) is 33.1 Å². The third kappa shape index (κ3) is 3.67. The standard InChI is InChI=1S/C16H25N5O/c1-3-17-16-18-12(2)10-14(19-16)20-6-8-21(9-7-20)15(22)11-13-4-5-13/h10,13H,3-9,11H2,1-2H3,(H,17,18,19). The molecule has 1 saturated carbocycles. The summed E-state index contributed by atoms with van der Waals surface area (Å²) in [6.45, 7) is 8.12. The Labute approximate surface area is 131 Å². The van der Waals surface area contributed by atoms with Crippen molar-refractivity contribution < 1.29 is 4.79 Å². The second-order valence-corrected chi connectivity index (χ2v) is 6.24. The Morgan fingerprint density at radius 3 is 2.64 bits per heavy atom. The van der Waals surface area contributed by atoms with E-state index in [9.17, 15) is 4.79 Å². The van der Waals surface area contributed by atoms with Crippen molar-refractivity contribution in [2.24, 2.45) is 5.92 Å². The van der Waals surface area contributed by atoms with Gasteiger partial charge in [-0.25, -0.2) is 4.98 Å². The van der Waals surface area contributed by atoms with E-state index in [0.29, 0.717) is 17.8 Å². The van der Waals surface area contributed by atoms with Crippen molar-refractivity contribution in [3.8, 4) is 0 Å². The number of rotatable bonds is 5. The lowest BCUT2D eigenvalue weighted by Gasteiger charge is -2.35. The van der Waals surface area contributed by atoms with Crippen LogP contribution in [0.25, 0.3) is 0 Å². The van der Waals surface area contributed by atoms with E-state index >= 15 is 0 Å². The lowest BCUT2D eigenvalue weighted by molar-refractivity contribution is -0.131. The quantitative estimate of drug-likeness (QED) is 0.896. The highest BCUT2D eigenvalue weighted by atomic mass is 16.2. The Kier molecular flexibility index (Phi) is 4.45. The molecule has 2 fully saturated rings. The van der Waals surface area contributed by atoms with Gasteiger partial charge in [-0.05, 0) is 32.6 Å². The number of carbonyl (C=O) groups is 1. The summed E-state index contributed by atoms with van der Waals surface area (Å²) in [6.07, 6.45) is 3.22. The van der Waals surface area contributed by atoms with Crippen LogP contribution < -0.4 is 10.2 Å². The third-order valence-corrected chi connectivity index (χ3v) is 4.29. The summed E-state index contributed by atoms with van der Waals surface area (Å²) in [4.78, 5) is 25.4. The number of carbonyl (C=O) groups excluding carboxylic acids is 1. The van der Waals surface area contributed by atoms with E-state index in [1.54, 1.807) is 0 Å². The Hall–Kier alpha value is -1.85. The molecular formula is C16H25N5O. The van der Waals surface area contributed by atoms with Crippen LogP contribution in [0.1, 0.15) is 31.9 Å². The van der Waals surface area contributed by atoms with Crippen LogP contribution in [0.5, 0.6) is 0 Å². The first kappa shape index (κ1) is 15.1. The molecule has 3 rings (SSSR count). The number of nitrogens with zero attached hydrogens (tertiary/aromatic N) is 4. The monoisotopic (exact) mass is 303 g/mol. The fourth-order valence-electron chi connectivity index (χ4n) is 2.83. The molecule has 2 heterocycles. The van der Waals surface area contributed by atoms with E-state index < -0.39 is 0 Å². The van der Waals surface area contributed by atoms with Gasteiger partial charge in [0.15, 0.2) is 0 Å². The maximum absolute atomic E-state index is 12.2. The van der Waals surface area contributed by atoms with Gasteiger partial charge in [-0.15, -0.1) is 0 Å². The van der Waals surface area contributed by atoms with Gasteiger partial charge in [0.25, 0.3) is 0 Å². The van der Waals surface area contributed by atoms with Crippen molar-refractivity contribution >= 4 is 17.7 Å². The molecule has 1 aromatic rings. The minimum Gasteiger partial charge on any atom is -0.354 e. The maximum Gasteiger partial charge on any atom is 0.224 e. The summed E-state index contributed by atoms with van der Waals surface area (Å²) in [5.41, 5.74) is 0.966. The van der Waals surface area contributed by atoms with Gasteiger partial charge in [0, 0.05) is 50.9 Å². The smallest absolute Gasteiger partial charge is 0.224 e. The molecule has 1 saturated heterocycles. The zero-order valence-corrected chi connectivity index (χ0v) is 13.5. The Balaban J connectivity index is 1.59. The molecule has 6 heteroatoms. The first-order valence-electron chi connectivity index (χ1n) is 8.28. The van der Waals surface area contributed by atoms with E-state index in [-0.39, 0.29) is 0 Å². The van der Waals surface area contributed by atoms with E-state index in [2.05, 4.69) is 20.2 Å². The van der Waals surface area contributed by atoms with Crippen LogP contribution in [0.4, 0.5) is 11.8 Å². The van der Waals surface area contributed by atoms with Gasteiger partial charge >= 0.3 is 0 Å². The van der Waals surface area contributed by atoms with Gasteiger partial charge in [0.2, 0.25) is 11.9 Å². The lowest BCUT2D eigenvalue weighted by Crippen LogP contribution is -2.49. The number of nitrogens with one attached hydrogen (secondary N) is 1. The largest absolute Gasteiger partial charge is 0.354 e. The number of aryl methyl sites for hydroxylation is 1. The van der Waals surface area contributed by atoms with Gasteiger partial charge in [-0.3, -0.25) is 4.79 Å². The predicted molar refractivity (Wildman–Crippen MR) is 87.1 cm³/mol. The SMILES string of the molecule is CCNc1nc(C)cc(N2CCN(C(=O)CC3CC3)CC2)n1. The molecule has 22 heavy (non-hydrogen) atoms. The number of amides is 1. The molecule has 1 aliphatic carbocycles. The second-order valence-electron chi connectivity index (χ2n) is 6.24. The molecule has 1 amide bonds. The van der Waals surface area contributed by atoms with E-state index in [1.165, 1.54) is 12.8 Å². The van der Waals surface area contributed by atoms with E-state index in [4.69, 9.17) is 0 Å². The van der Waals surface area contributed by atoms with E-state index in [1.807, 2.05) is 24.8 Å². The van der Waals surface area contributed by atoms with Crippen LogP contribution in [0.3, 0.4) is 0 Å². The van der Waals surface area contributed by atoms with Crippen LogP contribution >= 0.6 is 0 Å². The average molecular weight is 303 g/mol. The summed E-state index contributed by atoms with van der Waals surface area (Å²) in [7, 11) is 0. The molecular weight excluding hydrogens is 278 g/mol. The minimum absolute atomic E-state index is 0.328. The Morgan fingerprint density at radius 1 is 1.27 bits per heavy atom. The van der Waals surface area contributed by atoms with Crippen LogP contribution in [0.15, 0.2) is 6.07 Å². The zero-order chi connectivity index (χ0) is 15.5. The van der Waals surface area contributed by atoms with Gasteiger partial charge < -0.3 is 15.1 Å². The first-order chi connectivity index (χ1) is 10.7. The van der Waals surface area contributed by atoms with Crippen LogP contribution in [-0.2, 0) is 4.79 Å². The fourth-order valence-corrected chi connectivity index (χ4v) is 2.83. The summed E-state index contributed by atoms with van der Waals surface area (Å²) in [5.74, 6) is 2.63. The highest BCUT2D eigenvalue weighted by Gasteiger charge is 2.28. The van der Waals surface area contributed by atoms with Crippen LogP contribution in [-0.4, -0.2) is 53.5 Å². The molecule has 0 spiro atoms. The summed E-state index contributed by atoms with van der Waals surface area (Å²) < 4.78 is 0. The molecule has 2 aliphatic rings. The fraction of sp³-hybridized carbons (Fsp3) is 0.688. The van der Waals surface area contributed by atoms with Crippen LogP contribution in [0.2, 0.25) is 0 Å². The molecule has 0 aromatic carbocycles. The topological polar surface area (TPSA) is 61.4 Å². The molecule has 1 aromatic heterocycles. The lowest BCUT2D eigenvalue weighted by atomic mass is 10.2. The van der Waals surface area contributed by atoms with Gasteiger partial charge in [0.1, 0.15) is 5.82 Å². The molecule has 1 aliphatic heterocycles. The highest BCUT2D eigenvalue weighted by Crippen LogP contribution is 2.33. The summed E-state index contributed by atoms with van der Waals surface area (Å²) in [5, 5.41) is 3.17. The molecule has 0 radical (unpaired) electrons. The first-order valence-corrected chi connectivity index (χ1v) is 8.28. The van der Waals surface area contributed by atoms with Crippen molar-refractivity contribution in [3.63, 3.8) is 0 Å². The van der Waals surface area contributed by atoms with Crippen molar-refractivity contribution in [1.29, 1.82) is 0 Å². The molecule has 0 unspecified atom stereocenters. The maximum atomic E-state index is 12.2. The number of piperazine rings is 1. The number of hydrogen-bond donors (Lipinski definition) is 1. The summed E-state index contributed by atoms with van der Waals surface area (Å²) >= 11 is 0. The molecule has 120 valence electrons.